The van der Waals surface area contributed by atoms with Crippen molar-refractivity contribution in [2.24, 2.45) is 11.8 Å². The average Bonchev–Trinajstić information content (AvgIpc) is 3.09. The van der Waals surface area contributed by atoms with Crippen LogP contribution in [-0.4, -0.2) is 47.5 Å². The fourth-order valence-electron chi connectivity index (χ4n) is 4.65. The number of fused-ring (bicyclic) bond motifs is 2. The van der Waals surface area contributed by atoms with E-state index in [4.69, 9.17) is 16.3 Å². The minimum Gasteiger partial charge on any atom is -0.494 e. The highest BCUT2D eigenvalue weighted by atomic mass is 35.5. The first-order valence-corrected chi connectivity index (χ1v) is 11.6. The van der Waals surface area contributed by atoms with Crippen LogP contribution in [0.4, 0.5) is 21.6 Å². The van der Waals surface area contributed by atoms with E-state index >= 15 is 0 Å². The Balaban J connectivity index is 1.33. The van der Waals surface area contributed by atoms with E-state index in [1.165, 1.54) is 38.4 Å². The van der Waals surface area contributed by atoms with Crippen LogP contribution in [0.2, 0.25) is 5.02 Å². The number of halogens is 2. The molecule has 2 aliphatic rings. The number of amides is 1. The molecule has 34 heavy (non-hydrogen) atoms. The number of rotatable bonds is 7. The summed E-state index contributed by atoms with van der Waals surface area (Å²) in [6.45, 7) is 3.03. The number of nitrogens with one attached hydrogen (secondary N) is 2. The Labute approximate surface area is 202 Å². The van der Waals surface area contributed by atoms with Gasteiger partial charge in [-0.05, 0) is 48.9 Å². The Morgan fingerprint density at radius 3 is 2.74 bits per heavy atom. The third kappa shape index (κ3) is 4.69. The Morgan fingerprint density at radius 1 is 1.24 bits per heavy atom. The van der Waals surface area contributed by atoms with Crippen LogP contribution in [0.25, 0.3) is 10.9 Å². The standard InChI is InChI=1S/C25H25ClFN5O2/c1-34-23-11-21-18(25(29-14-28-21)30-17-6-7-20(27)19(26)9-17)10-22(23)31-24(33)3-2-8-32-12-15-4-5-16(15)13-32/h2-3,6-7,9-11,14-16H,4-5,8,12-13H2,1H3,(H,31,33)(H,28,29,30). The maximum atomic E-state index is 13.5. The fourth-order valence-corrected chi connectivity index (χ4v) is 4.83. The summed E-state index contributed by atoms with van der Waals surface area (Å²) in [5.41, 5.74) is 1.70. The van der Waals surface area contributed by atoms with E-state index in [1.807, 2.05) is 6.08 Å². The van der Waals surface area contributed by atoms with E-state index in [9.17, 15) is 9.18 Å². The monoisotopic (exact) mass is 481 g/mol. The van der Waals surface area contributed by atoms with Gasteiger partial charge in [-0.1, -0.05) is 17.7 Å². The van der Waals surface area contributed by atoms with Gasteiger partial charge in [0.25, 0.3) is 0 Å². The summed E-state index contributed by atoms with van der Waals surface area (Å²) in [5.74, 6) is 1.93. The molecule has 2 N–H and O–H groups in total. The zero-order valence-electron chi connectivity index (χ0n) is 18.7. The molecule has 2 aromatic carbocycles. The van der Waals surface area contributed by atoms with Gasteiger partial charge in [-0.15, -0.1) is 0 Å². The Hall–Kier alpha value is -3.23. The van der Waals surface area contributed by atoms with Crippen LogP contribution < -0.4 is 15.4 Å². The van der Waals surface area contributed by atoms with E-state index in [0.29, 0.717) is 33.8 Å². The molecule has 5 rings (SSSR count). The first kappa shape index (κ1) is 22.6. The van der Waals surface area contributed by atoms with Crippen molar-refractivity contribution < 1.29 is 13.9 Å². The Morgan fingerprint density at radius 2 is 2.03 bits per heavy atom. The van der Waals surface area contributed by atoms with Gasteiger partial charge in [-0.2, -0.15) is 0 Å². The molecule has 3 aromatic rings. The molecule has 2 fully saturated rings. The van der Waals surface area contributed by atoms with Gasteiger partial charge in [0.2, 0.25) is 5.91 Å². The molecule has 2 heterocycles. The van der Waals surface area contributed by atoms with Gasteiger partial charge < -0.3 is 15.4 Å². The van der Waals surface area contributed by atoms with Crippen LogP contribution in [0.1, 0.15) is 12.8 Å². The number of benzene rings is 2. The lowest BCUT2D eigenvalue weighted by Crippen LogP contribution is -2.22. The third-order valence-corrected chi connectivity index (χ3v) is 6.88. The molecule has 2 atom stereocenters. The van der Waals surface area contributed by atoms with Crippen molar-refractivity contribution in [3.8, 4) is 5.75 Å². The van der Waals surface area contributed by atoms with Crippen LogP contribution in [0.3, 0.4) is 0 Å². The smallest absolute Gasteiger partial charge is 0.248 e. The lowest BCUT2D eigenvalue weighted by Gasteiger charge is -2.28. The molecule has 9 heteroatoms. The van der Waals surface area contributed by atoms with Gasteiger partial charge >= 0.3 is 0 Å². The highest BCUT2D eigenvalue weighted by molar-refractivity contribution is 6.31. The molecule has 2 unspecified atom stereocenters. The Kier molecular flexibility index (Phi) is 6.34. The molecule has 0 radical (unpaired) electrons. The van der Waals surface area contributed by atoms with Gasteiger partial charge in [0.15, 0.2) is 0 Å². The second-order valence-electron chi connectivity index (χ2n) is 8.75. The zero-order chi connectivity index (χ0) is 23.7. The normalized spacial score (nSPS) is 19.7. The molecule has 1 aliphatic carbocycles. The average molecular weight is 482 g/mol. The minimum atomic E-state index is -0.500. The second kappa shape index (κ2) is 9.56. The topological polar surface area (TPSA) is 79.4 Å². The zero-order valence-corrected chi connectivity index (χ0v) is 19.5. The number of hydrogen-bond donors (Lipinski definition) is 2. The van der Waals surface area contributed by atoms with E-state index in [-0.39, 0.29) is 10.9 Å². The highest BCUT2D eigenvalue weighted by Gasteiger charge is 2.38. The van der Waals surface area contributed by atoms with Gasteiger partial charge in [0, 0.05) is 42.9 Å². The molecular formula is C25H25ClFN5O2. The summed E-state index contributed by atoms with van der Waals surface area (Å²) in [6.07, 6.45) is 7.55. The maximum Gasteiger partial charge on any atom is 0.248 e. The number of carbonyl (C=O) groups excluding carboxylic acids is 1. The SMILES string of the molecule is COc1cc2ncnc(Nc3ccc(F)c(Cl)c3)c2cc1NC(=O)C=CCN1CC2CCC2C1. The van der Waals surface area contributed by atoms with Crippen molar-refractivity contribution in [1.82, 2.24) is 14.9 Å². The number of nitrogens with zero attached hydrogens (tertiary/aromatic N) is 3. The third-order valence-electron chi connectivity index (χ3n) is 6.59. The van der Waals surface area contributed by atoms with Crippen LogP contribution in [-0.2, 0) is 4.79 Å². The number of ether oxygens (including phenoxy) is 1. The van der Waals surface area contributed by atoms with Crippen molar-refractivity contribution in [3.63, 3.8) is 0 Å². The van der Waals surface area contributed by atoms with E-state index < -0.39 is 5.82 Å². The predicted molar refractivity (Wildman–Crippen MR) is 131 cm³/mol. The van der Waals surface area contributed by atoms with Crippen LogP contribution in [0.15, 0.2) is 48.8 Å². The number of hydrogen-bond acceptors (Lipinski definition) is 6. The summed E-state index contributed by atoms with van der Waals surface area (Å²) >= 11 is 5.90. The number of anilines is 3. The molecule has 0 spiro atoms. The van der Waals surface area contributed by atoms with Crippen molar-refractivity contribution in [2.75, 3.05) is 37.4 Å². The summed E-state index contributed by atoms with van der Waals surface area (Å²) in [6, 6.07) is 7.82. The highest BCUT2D eigenvalue weighted by Crippen LogP contribution is 2.40. The van der Waals surface area contributed by atoms with Crippen molar-refractivity contribution in [2.45, 2.75) is 12.8 Å². The Bertz CT molecular complexity index is 1260. The molecule has 1 aromatic heterocycles. The van der Waals surface area contributed by atoms with Crippen molar-refractivity contribution in [1.29, 1.82) is 0 Å². The number of aromatic nitrogens is 2. The van der Waals surface area contributed by atoms with Crippen LogP contribution in [0, 0.1) is 17.7 Å². The summed E-state index contributed by atoms with van der Waals surface area (Å²) in [4.78, 5) is 23.6. The van der Waals surface area contributed by atoms with Gasteiger partial charge in [0.1, 0.15) is 23.7 Å². The molecule has 7 nitrogen and oxygen atoms in total. The fraction of sp³-hybridized carbons (Fsp3) is 0.320. The van der Waals surface area contributed by atoms with Crippen molar-refractivity contribution >= 4 is 45.6 Å². The van der Waals surface area contributed by atoms with E-state index in [0.717, 1.165) is 31.5 Å². The second-order valence-corrected chi connectivity index (χ2v) is 9.16. The lowest BCUT2D eigenvalue weighted by atomic mass is 9.77. The first-order valence-electron chi connectivity index (χ1n) is 11.2. The molecule has 1 aliphatic heterocycles. The molecule has 1 saturated heterocycles. The summed E-state index contributed by atoms with van der Waals surface area (Å²) in [5, 5.41) is 6.70. The summed E-state index contributed by atoms with van der Waals surface area (Å²) in [7, 11) is 1.54. The first-order chi connectivity index (χ1) is 16.5. The maximum absolute atomic E-state index is 13.5. The van der Waals surface area contributed by atoms with E-state index in [1.54, 1.807) is 24.3 Å². The molecule has 0 bridgehead atoms. The molecule has 1 amide bonds. The minimum absolute atomic E-state index is 0.00588. The predicted octanol–water partition coefficient (Wildman–Crippen LogP) is 5.01. The molecular weight excluding hydrogens is 457 g/mol. The van der Waals surface area contributed by atoms with Crippen LogP contribution >= 0.6 is 11.6 Å². The quantitative estimate of drug-likeness (QED) is 0.462. The van der Waals surface area contributed by atoms with E-state index in [2.05, 4.69) is 25.5 Å². The van der Waals surface area contributed by atoms with Gasteiger partial charge in [-0.3, -0.25) is 9.69 Å². The largest absolute Gasteiger partial charge is 0.494 e. The number of likely N-dealkylation sites (tertiary alicyclic amines) is 1. The lowest BCUT2D eigenvalue weighted by molar-refractivity contribution is -0.111. The van der Waals surface area contributed by atoms with Crippen LogP contribution in [0.5, 0.6) is 5.75 Å². The van der Waals surface area contributed by atoms with Gasteiger partial charge in [0.05, 0.1) is 23.3 Å². The number of carbonyl (C=O) groups is 1. The number of methoxy groups -OCH3 is 1. The molecule has 176 valence electrons. The van der Waals surface area contributed by atoms with Crippen molar-refractivity contribution in [3.05, 3.63) is 59.7 Å². The molecule has 1 saturated carbocycles. The van der Waals surface area contributed by atoms with Gasteiger partial charge in [-0.25, -0.2) is 14.4 Å². The summed E-state index contributed by atoms with van der Waals surface area (Å²) < 4.78 is 19.0.